The first-order valence-corrected chi connectivity index (χ1v) is 10.1. The number of carbonyl (C=O) groups is 1. The summed E-state index contributed by atoms with van der Waals surface area (Å²) >= 11 is 0. The van der Waals surface area contributed by atoms with Crippen molar-refractivity contribution in [1.82, 2.24) is 15.3 Å². The Labute approximate surface area is 166 Å². The summed E-state index contributed by atoms with van der Waals surface area (Å²) < 4.78 is 0. The van der Waals surface area contributed by atoms with E-state index in [2.05, 4.69) is 58.3 Å². The van der Waals surface area contributed by atoms with Crippen molar-refractivity contribution in [3.63, 3.8) is 0 Å². The van der Waals surface area contributed by atoms with Crippen LogP contribution in [0.5, 0.6) is 0 Å². The maximum atomic E-state index is 12.9. The van der Waals surface area contributed by atoms with Crippen molar-refractivity contribution in [3.8, 4) is 0 Å². The number of amides is 1. The maximum Gasteiger partial charge on any atom is 0.223 e. The van der Waals surface area contributed by atoms with Gasteiger partial charge in [0.25, 0.3) is 0 Å². The minimum atomic E-state index is -0.145. The molecule has 0 saturated carbocycles. The van der Waals surface area contributed by atoms with Crippen LogP contribution in [-0.4, -0.2) is 35.0 Å². The first kappa shape index (κ1) is 18.5. The average molecular weight is 377 g/mol. The van der Waals surface area contributed by atoms with Crippen molar-refractivity contribution in [3.05, 3.63) is 59.9 Å². The van der Waals surface area contributed by atoms with Gasteiger partial charge in [0.05, 0.1) is 11.0 Å². The summed E-state index contributed by atoms with van der Waals surface area (Å²) in [7, 11) is 0. The number of nitrogens with zero attached hydrogens (tertiary/aromatic N) is 2. The van der Waals surface area contributed by atoms with Gasteiger partial charge in [-0.25, -0.2) is 4.98 Å². The van der Waals surface area contributed by atoms with Crippen LogP contribution in [0.15, 0.2) is 48.5 Å². The summed E-state index contributed by atoms with van der Waals surface area (Å²) in [6, 6.07) is 16.7. The Morgan fingerprint density at radius 2 is 2.04 bits per heavy atom. The molecule has 146 valence electrons. The summed E-state index contributed by atoms with van der Waals surface area (Å²) in [5.74, 6) is 0.857. The number of imidazole rings is 1. The van der Waals surface area contributed by atoms with Crippen LogP contribution in [0, 0.1) is 12.8 Å². The number of carbonyl (C=O) groups excluding carboxylic acids is 1. The number of nitrogens with one attached hydrogen (secondary N) is 2. The highest BCUT2D eigenvalue weighted by Gasteiger charge is 2.29. The van der Waals surface area contributed by atoms with E-state index in [4.69, 9.17) is 0 Å². The molecule has 1 saturated heterocycles. The van der Waals surface area contributed by atoms with Crippen molar-refractivity contribution < 1.29 is 4.79 Å². The average Bonchev–Trinajstić information content (AvgIpc) is 3.33. The van der Waals surface area contributed by atoms with Crippen LogP contribution in [0.3, 0.4) is 0 Å². The number of para-hydroxylation sites is 2. The number of hydrogen-bond acceptors (Lipinski definition) is 3. The zero-order valence-corrected chi connectivity index (χ0v) is 16.8. The van der Waals surface area contributed by atoms with Crippen molar-refractivity contribution in [2.24, 2.45) is 5.92 Å². The van der Waals surface area contributed by atoms with Gasteiger partial charge in [0.1, 0.15) is 5.82 Å². The summed E-state index contributed by atoms with van der Waals surface area (Å²) in [5, 5.41) is 3.26. The highest BCUT2D eigenvalue weighted by atomic mass is 16.2. The Morgan fingerprint density at radius 3 is 2.82 bits per heavy atom. The summed E-state index contributed by atoms with van der Waals surface area (Å²) in [6.07, 6.45) is 0.978. The van der Waals surface area contributed by atoms with E-state index in [0.717, 1.165) is 36.4 Å². The SMILES string of the molecule is Cc1cccc(N2CC[C@@H](NC(=O)[C@@H](C)[C@H](C)c3nc4ccccc4[nH]3)C2)c1. The number of hydrogen-bond donors (Lipinski definition) is 2. The molecule has 1 aliphatic heterocycles. The fourth-order valence-electron chi connectivity index (χ4n) is 3.92. The molecule has 2 N–H and O–H groups in total. The van der Waals surface area contributed by atoms with E-state index in [9.17, 15) is 4.79 Å². The van der Waals surface area contributed by atoms with Crippen LogP contribution in [-0.2, 0) is 4.79 Å². The first-order chi connectivity index (χ1) is 13.5. The number of aromatic nitrogens is 2. The van der Waals surface area contributed by atoms with Gasteiger partial charge in [0, 0.05) is 36.7 Å². The number of benzene rings is 2. The highest BCUT2D eigenvalue weighted by Crippen LogP contribution is 2.26. The predicted octanol–water partition coefficient (Wildman–Crippen LogP) is 4.01. The van der Waals surface area contributed by atoms with Crippen molar-refractivity contribution in [2.75, 3.05) is 18.0 Å². The molecular formula is C23H28N4O. The van der Waals surface area contributed by atoms with Crippen LogP contribution >= 0.6 is 0 Å². The van der Waals surface area contributed by atoms with Crippen molar-refractivity contribution in [1.29, 1.82) is 0 Å². The van der Waals surface area contributed by atoms with Gasteiger partial charge < -0.3 is 15.2 Å². The van der Waals surface area contributed by atoms with E-state index >= 15 is 0 Å². The van der Waals surface area contributed by atoms with Gasteiger partial charge in [-0.1, -0.05) is 38.1 Å². The summed E-state index contributed by atoms with van der Waals surface area (Å²) in [4.78, 5) is 23.2. The third-order valence-corrected chi connectivity index (χ3v) is 5.90. The molecule has 5 nitrogen and oxygen atoms in total. The van der Waals surface area contributed by atoms with Gasteiger partial charge in [-0.15, -0.1) is 0 Å². The minimum Gasteiger partial charge on any atom is -0.369 e. The number of fused-ring (bicyclic) bond motifs is 1. The van der Waals surface area contributed by atoms with Crippen LogP contribution in [0.1, 0.15) is 37.6 Å². The van der Waals surface area contributed by atoms with E-state index in [1.807, 2.05) is 31.2 Å². The Kier molecular flexibility index (Phi) is 5.07. The molecule has 2 aromatic carbocycles. The molecule has 1 amide bonds. The molecule has 1 aliphatic rings. The molecule has 1 aromatic heterocycles. The molecule has 1 fully saturated rings. The summed E-state index contributed by atoms with van der Waals surface area (Å²) in [5.41, 5.74) is 4.46. The van der Waals surface area contributed by atoms with Gasteiger partial charge in [0.15, 0.2) is 0 Å². The molecule has 3 atom stereocenters. The molecule has 0 bridgehead atoms. The quantitative estimate of drug-likeness (QED) is 0.707. The predicted molar refractivity (Wildman–Crippen MR) is 114 cm³/mol. The first-order valence-electron chi connectivity index (χ1n) is 10.1. The Hall–Kier alpha value is -2.82. The van der Waals surface area contributed by atoms with Gasteiger partial charge >= 0.3 is 0 Å². The molecule has 0 unspecified atom stereocenters. The highest BCUT2D eigenvalue weighted by molar-refractivity contribution is 5.80. The zero-order chi connectivity index (χ0) is 19.7. The lowest BCUT2D eigenvalue weighted by Gasteiger charge is -2.22. The number of rotatable bonds is 5. The smallest absolute Gasteiger partial charge is 0.223 e. The third kappa shape index (κ3) is 3.75. The van der Waals surface area contributed by atoms with Gasteiger partial charge in [-0.2, -0.15) is 0 Å². The van der Waals surface area contributed by atoms with E-state index in [1.54, 1.807) is 0 Å². The second kappa shape index (κ2) is 7.66. The van der Waals surface area contributed by atoms with Crippen molar-refractivity contribution in [2.45, 2.75) is 39.2 Å². The fraction of sp³-hybridized carbons (Fsp3) is 0.391. The lowest BCUT2D eigenvalue weighted by molar-refractivity contribution is -0.125. The van der Waals surface area contributed by atoms with E-state index in [0.29, 0.717) is 0 Å². The van der Waals surface area contributed by atoms with Crippen LogP contribution < -0.4 is 10.2 Å². The largest absolute Gasteiger partial charge is 0.369 e. The zero-order valence-electron chi connectivity index (χ0n) is 16.8. The number of aromatic amines is 1. The molecule has 2 heterocycles. The fourth-order valence-corrected chi connectivity index (χ4v) is 3.92. The van der Waals surface area contributed by atoms with Crippen molar-refractivity contribution >= 4 is 22.6 Å². The Bertz CT molecular complexity index is 946. The number of aryl methyl sites for hydroxylation is 1. The molecular weight excluding hydrogens is 348 g/mol. The van der Waals surface area contributed by atoms with Crippen LogP contribution in [0.25, 0.3) is 11.0 Å². The van der Waals surface area contributed by atoms with Crippen LogP contribution in [0.2, 0.25) is 0 Å². The van der Waals surface area contributed by atoms with E-state index in [-0.39, 0.29) is 23.8 Å². The van der Waals surface area contributed by atoms with Gasteiger partial charge in [0.2, 0.25) is 5.91 Å². The standard InChI is InChI=1S/C23H28N4O/c1-15-7-6-8-19(13-15)27-12-11-18(14-27)24-23(28)17(3)16(2)22-25-20-9-4-5-10-21(20)26-22/h4-10,13,16-18H,11-12,14H2,1-3H3,(H,24,28)(H,25,26)/t16-,17-,18+/m0/s1. The molecule has 0 aliphatic carbocycles. The molecule has 4 rings (SSSR count). The lowest BCUT2D eigenvalue weighted by atomic mass is 9.94. The topological polar surface area (TPSA) is 61.0 Å². The van der Waals surface area contributed by atoms with Gasteiger partial charge in [-0.3, -0.25) is 4.79 Å². The molecule has 5 heteroatoms. The summed E-state index contributed by atoms with van der Waals surface area (Å²) in [6.45, 7) is 8.00. The minimum absolute atomic E-state index is 0.0293. The molecule has 0 spiro atoms. The monoisotopic (exact) mass is 376 g/mol. The Balaban J connectivity index is 1.38. The second-order valence-corrected chi connectivity index (χ2v) is 8.00. The molecule has 28 heavy (non-hydrogen) atoms. The molecule has 3 aromatic rings. The number of anilines is 1. The maximum absolute atomic E-state index is 12.9. The molecule has 0 radical (unpaired) electrons. The second-order valence-electron chi connectivity index (χ2n) is 8.00. The normalized spacial score (nSPS) is 19.0. The third-order valence-electron chi connectivity index (χ3n) is 5.90. The Morgan fingerprint density at radius 1 is 1.21 bits per heavy atom. The number of H-pyrrole nitrogens is 1. The lowest BCUT2D eigenvalue weighted by Crippen LogP contribution is -2.41. The van der Waals surface area contributed by atoms with E-state index in [1.165, 1.54) is 11.3 Å². The van der Waals surface area contributed by atoms with Gasteiger partial charge in [-0.05, 0) is 43.2 Å². The van der Waals surface area contributed by atoms with E-state index < -0.39 is 0 Å². The van der Waals surface area contributed by atoms with Crippen LogP contribution in [0.4, 0.5) is 5.69 Å².